The molecule has 0 radical (unpaired) electrons. The maximum atomic E-state index is 13.4. The van der Waals surface area contributed by atoms with Gasteiger partial charge in [-0.25, -0.2) is 0 Å². The zero-order chi connectivity index (χ0) is 22.3. The minimum absolute atomic E-state index is 0.00559. The molecule has 1 saturated heterocycles. The molecule has 2 aromatic carbocycles. The molecule has 5 nitrogen and oxygen atoms in total. The summed E-state index contributed by atoms with van der Waals surface area (Å²) in [5.41, 5.74) is 3.60. The topological polar surface area (TPSA) is 52.6 Å². The number of rotatable bonds is 7. The van der Waals surface area contributed by atoms with E-state index < -0.39 is 6.04 Å². The van der Waals surface area contributed by atoms with Gasteiger partial charge in [-0.05, 0) is 29.5 Å². The second kappa shape index (κ2) is 10.6. The lowest BCUT2D eigenvalue weighted by atomic mass is 10.0. The fraction of sp³-hybridized carbons (Fsp3) is 0.308. The van der Waals surface area contributed by atoms with Crippen molar-refractivity contribution >= 4 is 23.2 Å². The van der Waals surface area contributed by atoms with Gasteiger partial charge in [0.05, 0.1) is 4.88 Å². The van der Waals surface area contributed by atoms with Crippen molar-refractivity contribution < 1.29 is 9.59 Å². The van der Waals surface area contributed by atoms with Gasteiger partial charge in [0.2, 0.25) is 5.91 Å². The maximum absolute atomic E-state index is 13.4. The molecule has 6 heteroatoms. The van der Waals surface area contributed by atoms with Crippen LogP contribution in [0.2, 0.25) is 0 Å². The van der Waals surface area contributed by atoms with E-state index in [1.54, 1.807) is 6.07 Å². The van der Waals surface area contributed by atoms with E-state index in [1.807, 2.05) is 46.7 Å². The highest BCUT2D eigenvalue weighted by Crippen LogP contribution is 2.14. The van der Waals surface area contributed by atoms with E-state index in [2.05, 4.69) is 41.4 Å². The second-order valence-corrected chi connectivity index (χ2v) is 9.23. The fourth-order valence-corrected chi connectivity index (χ4v) is 4.73. The standard InChI is InChI=1S/C26H29N3O2S/c1-20-7-5-10-22(17-20)19-28-12-14-29(15-13-28)26(31)23(18-21-8-3-2-4-9-21)27-25(30)24-11-6-16-32-24/h2-11,16-17,23H,12-15,18-19H2,1H3,(H,27,30)/t23-/m0/s1. The Balaban J connectivity index is 1.39. The summed E-state index contributed by atoms with van der Waals surface area (Å²) in [4.78, 5) is 31.0. The first-order valence-electron chi connectivity index (χ1n) is 11.0. The number of nitrogens with zero attached hydrogens (tertiary/aromatic N) is 2. The Hall–Kier alpha value is -2.96. The number of aryl methyl sites for hydroxylation is 1. The maximum Gasteiger partial charge on any atom is 0.262 e. The van der Waals surface area contributed by atoms with Crippen molar-refractivity contribution in [2.75, 3.05) is 26.2 Å². The van der Waals surface area contributed by atoms with Crippen molar-refractivity contribution in [3.63, 3.8) is 0 Å². The summed E-state index contributed by atoms with van der Waals surface area (Å²) in [7, 11) is 0. The van der Waals surface area contributed by atoms with Crippen LogP contribution in [0.25, 0.3) is 0 Å². The Bertz CT molecular complexity index is 1030. The minimum Gasteiger partial charge on any atom is -0.339 e. The number of nitrogens with one attached hydrogen (secondary N) is 1. The number of amides is 2. The minimum atomic E-state index is -0.574. The van der Waals surface area contributed by atoms with Gasteiger partial charge in [-0.3, -0.25) is 14.5 Å². The van der Waals surface area contributed by atoms with Gasteiger partial charge < -0.3 is 10.2 Å². The smallest absolute Gasteiger partial charge is 0.262 e. The van der Waals surface area contributed by atoms with Gasteiger partial charge in [0, 0.05) is 39.1 Å². The molecule has 1 atom stereocenters. The zero-order valence-corrected chi connectivity index (χ0v) is 19.2. The van der Waals surface area contributed by atoms with Crippen LogP contribution in [-0.4, -0.2) is 53.8 Å². The predicted molar refractivity (Wildman–Crippen MR) is 129 cm³/mol. The fourth-order valence-electron chi connectivity index (χ4n) is 4.10. The molecule has 4 rings (SSSR count). The van der Waals surface area contributed by atoms with E-state index in [0.717, 1.165) is 25.2 Å². The lowest BCUT2D eigenvalue weighted by molar-refractivity contribution is -0.135. The lowest BCUT2D eigenvalue weighted by Gasteiger charge is -2.36. The van der Waals surface area contributed by atoms with E-state index in [1.165, 1.54) is 22.5 Å². The van der Waals surface area contributed by atoms with Crippen molar-refractivity contribution in [2.24, 2.45) is 0 Å². The molecule has 1 aromatic heterocycles. The van der Waals surface area contributed by atoms with Crippen molar-refractivity contribution in [2.45, 2.75) is 25.9 Å². The molecule has 0 bridgehead atoms. The predicted octanol–water partition coefficient (Wildman–Crippen LogP) is 3.74. The van der Waals surface area contributed by atoms with Gasteiger partial charge in [0.1, 0.15) is 6.04 Å². The largest absolute Gasteiger partial charge is 0.339 e. The van der Waals surface area contributed by atoms with Crippen LogP contribution in [-0.2, 0) is 17.8 Å². The van der Waals surface area contributed by atoms with Crippen LogP contribution >= 0.6 is 11.3 Å². The van der Waals surface area contributed by atoms with Crippen molar-refractivity contribution in [3.8, 4) is 0 Å². The lowest BCUT2D eigenvalue weighted by Crippen LogP contribution is -2.55. The molecule has 1 fully saturated rings. The Morgan fingerprint density at radius 3 is 2.38 bits per heavy atom. The van der Waals surface area contributed by atoms with Crippen LogP contribution in [0.4, 0.5) is 0 Å². The molecule has 3 aromatic rings. The first-order valence-corrected chi connectivity index (χ1v) is 11.9. The summed E-state index contributed by atoms with van der Waals surface area (Å²) in [6.07, 6.45) is 0.486. The Kier molecular flexibility index (Phi) is 7.35. The van der Waals surface area contributed by atoms with Gasteiger partial charge >= 0.3 is 0 Å². The summed E-state index contributed by atoms with van der Waals surface area (Å²) in [5.74, 6) is -0.193. The summed E-state index contributed by atoms with van der Waals surface area (Å²) in [6, 6.07) is 21.5. The monoisotopic (exact) mass is 447 g/mol. The molecular formula is C26H29N3O2S. The van der Waals surface area contributed by atoms with E-state index in [0.29, 0.717) is 24.4 Å². The molecule has 1 N–H and O–H groups in total. The third-order valence-corrected chi connectivity index (χ3v) is 6.67. The third-order valence-electron chi connectivity index (χ3n) is 5.80. The van der Waals surface area contributed by atoms with Crippen molar-refractivity contribution in [1.29, 1.82) is 0 Å². The average Bonchev–Trinajstić information content (AvgIpc) is 3.35. The summed E-state index contributed by atoms with van der Waals surface area (Å²) in [6.45, 7) is 6.01. The SMILES string of the molecule is Cc1cccc(CN2CCN(C(=O)[C@H](Cc3ccccc3)NC(=O)c3cccs3)CC2)c1. The molecule has 166 valence electrons. The molecule has 1 aliphatic heterocycles. The van der Waals surface area contributed by atoms with E-state index in [9.17, 15) is 9.59 Å². The highest BCUT2D eigenvalue weighted by Gasteiger charge is 2.29. The van der Waals surface area contributed by atoms with Crippen LogP contribution in [0.15, 0.2) is 72.1 Å². The normalized spacial score (nSPS) is 15.3. The molecule has 1 aliphatic rings. The number of carbonyl (C=O) groups excluding carboxylic acids is 2. The summed E-state index contributed by atoms with van der Waals surface area (Å²) in [5, 5.41) is 4.86. The third kappa shape index (κ3) is 5.84. The highest BCUT2D eigenvalue weighted by atomic mass is 32.1. The number of hydrogen-bond acceptors (Lipinski definition) is 4. The quantitative estimate of drug-likeness (QED) is 0.600. The van der Waals surface area contributed by atoms with Crippen molar-refractivity contribution in [3.05, 3.63) is 93.7 Å². The Morgan fingerprint density at radius 1 is 0.938 bits per heavy atom. The molecule has 2 amide bonds. The molecular weight excluding hydrogens is 418 g/mol. The van der Waals surface area contributed by atoms with E-state index in [-0.39, 0.29) is 11.8 Å². The summed E-state index contributed by atoms with van der Waals surface area (Å²) < 4.78 is 0. The highest BCUT2D eigenvalue weighted by molar-refractivity contribution is 7.12. The molecule has 2 heterocycles. The van der Waals surface area contributed by atoms with Crippen LogP contribution in [0.3, 0.4) is 0 Å². The van der Waals surface area contributed by atoms with Crippen LogP contribution in [0.1, 0.15) is 26.4 Å². The average molecular weight is 448 g/mol. The van der Waals surface area contributed by atoms with E-state index >= 15 is 0 Å². The first-order chi connectivity index (χ1) is 15.6. The van der Waals surface area contributed by atoms with Crippen LogP contribution in [0, 0.1) is 6.92 Å². The number of thiophene rings is 1. The van der Waals surface area contributed by atoms with Gasteiger partial charge in [0.25, 0.3) is 5.91 Å². The number of piperazine rings is 1. The van der Waals surface area contributed by atoms with Gasteiger partial charge in [-0.1, -0.05) is 66.2 Å². The Morgan fingerprint density at radius 2 is 1.69 bits per heavy atom. The van der Waals surface area contributed by atoms with Crippen LogP contribution in [0.5, 0.6) is 0 Å². The molecule has 0 spiro atoms. The molecule has 32 heavy (non-hydrogen) atoms. The number of carbonyl (C=O) groups is 2. The second-order valence-electron chi connectivity index (χ2n) is 8.28. The molecule has 0 saturated carbocycles. The number of benzene rings is 2. The van der Waals surface area contributed by atoms with Crippen molar-refractivity contribution in [1.82, 2.24) is 15.1 Å². The molecule has 0 aliphatic carbocycles. The Labute approximate surface area is 193 Å². The van der Waals surface area contributed by atoms with Gasteiger partial charge in [-0.2, -0.15) is 0 Å². The van der Waals surface area contributed by atoms with E-state index in [4.69, 9.17) is 0 Å². The number of hydrogen-bond donors (Lipinski definition) is 1. The van der Waals surface area contributed by atoms with Crippen LogP contribution < -0.4 is 5.32 Å². The van der Waals surface area contributed by atoms with Gasteiger partial charge in [0.15, 0.2) is 0 Å². The first kappa shape index (κ1) is 22.2. The van der Waals surface area contributed by atoms with Gasteiger partial charge in [-0.15, -0.1) is 11.3 Å². The zero-order valence-electron chi connectivity index (χ0n) is 18.4. The summed E-state index contributed by atoms with van der Waals surface area (Å²) >= 11 is 1.39. The molecule has 0 unspecified atom stereocenters.